The van der Waals surface area contributed by atoms with Gasteiger partial charge in [0.05, 0.1) is 6.54 Å². The number of aromatic nitrogens is 1. The van der Waals surface area contributed by atoms with Crippen molar-refractivity contribution in [2.45, 2.75) is 19.3 Å². The molecule has 140 valence electrons. The zero-order valence-corrected chi connectivity index (χ0v) is 16.2. The Labute approximate surface area is 158 Å². The minimum absolute atomic E-state index is 0.00176. The number of thiazole rings is 1. The van der Waals surface area contributed by atoms with E-state index < -0.39 is 0 Å². The summed E-state index contributed by atoms with van der Waals surface area (Å²) in [7, 11) is 3.99. The average molecular weight is 375 g/mol. The largest absolute Gasteiger partial charge is 0.333 e. The van der Waals surface area contributed by atoms with Crippen LogP contribution in [0.15, 0.2) is 41.9 Å². The van der Waals surface area contributed by atoms with Crippen LogP contribution in [0.25, 0.3) is 0 Å². The quantitative estimate of drug-likeness (QED) is 0.694. The Bertz CT molecular complexity index is 674. The van der Waals surface area contributed by atoms with Crippen molar-refractivity contribution in [3.8, 4) is 0 Å². The lowest BCUT2D eigenvalue weighted by Crippen LogP contribution is -2.39. The Morgan fingerprint density at radius 1 is 1.15 bits per heavy atom. The molecule has 0 unspecified atom stereocenters. The van der Waals surface area contributed by atoms with Gasteiger partial charge in [-0.3, -0.25) is 9.59 Å². The van der Waals surface area contributed by atoms with Gasteiger partial charge in [0.15, 0.2) is 5.13 Å². The first-order valence-electron chi connectivity index (χ1n) is 8.70. The number of benzene rings is 1. The molecule has 0 saturated carbocycles. The fourth-order valence-corrected chi connectivity index (χ4v) is 3.09. The van der Waals surface area contributed by atoms with Gasteiger partial charge in [-0.05, 0) is 39.0 Å². The van der Waals surface area contributed by atoms with Gasteiger partial charge in [0.1, 0.15) is 0 Å². The summed E-state index contributed by atoms with van der Waals surface area (Å²) in [6, 6.07) is 9.92. The molecule has 1 heterocycles. The van der Waals surface area contributed by atoms with E-state index in [0.717, 1.165) is 18.5 Å². The Kier molecular flexibility index (Phi) is 8.24. The molecule has 6 nitrogen and oxygen atoms in total. The van der Waals surface area contributed by atoms with Crippen LogP contribution in [0.5, 0.6) is 0 Å². The topological polar surface area (TPSA) is 65.5 Å². The summed E-state index contributed by atoms with van der Waals surface area (Å²) in [4.78, 5) is 32.7. The van der Waals surface area contributed by atoms with Crippen molar-refractivity contribution in [1.29, 1.82) is 0 Å². The van der Waals surface area contributed by atoms with Crippen LogP contribution in [0.4, 0.5) is 5.13 Å². The summed E-state index contributed by atoms with van der Waals surface area (Å²) in [5.74, 6) is -0.209. The van der Waals surface area contributed by atoms with Crippen molar-refractivity contribution in [3.05, 3.63) is 47.5 Å². The zero-order chi connectivity index (χ0) is 18.8. The molecule has 0 atom stereocenters. The van der Waals surface area contributed by atoms with Gasteiger partial charge in [0.2, 0.25) is 11.8 Å². The number of carbonyl (C=O) groups excluding carboxylic acids is 2. The van der Waals surface area contributed by atoms with E-state index in [-0.39, 0.29) is 18.4 Å². The smallest absolute Gasteiger partial charge is 0.245 e. The molecule has 1 aromatic carbocycles. The van der Waals surface area contributed by atoms with Crippen LogP contribution < -0.4 is 5.32 Å². The van der Waals surface area contributed by atoms with Gasteiger partial charge >= 0.3 is 0 Å². The number of nitrogens with one attached hydrogen (secondary N) is 1. The molecule has 0 radical (unpaired) electrons. The monoisotopic (exact) mass is 374 g/mol. The number of hydrogen-bond donors (Lipinski definition) is 1. The molecule has 1 aromatic heterocycles. The Hall–Kier alpha value is -2.25. The first-order chi connectivity index (χ1) is 12.5. The van der Waals surface area contributed by atoms with Gasteiger partial charge in [-0.15, -0.1) is 11.3 Å². The number of aryl methyl sites for hydroxylation is 1. The van der Waals surface area contributed by atoms with Gasteiger partial charge in [-0.2, -0.15) is 0 Å². The van der Waals surface area contributed by atoms with Crippen molar-refractivity contribution in [2.75, 3.05) is 39.0 Å². The number of amides is 2. The number of hydrogen-bond acceptors (Lipinski definition) is 5. The second-order valence-electron chi connectivity index (χ2n) is 6.34. The van der Waals surface area contributed by atoms with Crippen LogP contribution in [-0.4, -0.2) is 60.3 Å². The standard InChI is InChI=1S/C19H26N4O2S/c1-22(2)12-6-13-23(15-17(24)21-19-20-11-14-26-19)18(25)10-9-16-7-4-3-5-8-16/h3-5,7-8,11,14H,6,9-10,12-13,15H2,1-2H3,(H,20,21,24). The van der Waals surface area contributed by atoms with Crippen molar-refractivity contribution < 1.29 is 9.59 Å². The molecule has 0 spiro atoms. The van der Waals surface area contributed by atoms with Crippen molar-refractivity contribution in [3.63, 3.8) is 0 Å². The second kappa shape index (κ2) is 10.7. The van der Waals surface area contributed by atoms with E-state index in [0.29, 0.717) is 24.5 Å². The fraction of sp³-hybridized carbons (Fsp3) is 0.421. The molecule has 0 aliphatic rings. The number of anilines is 1. The van der Waals surface area contributed by atoms with Crippen molar-refractivity contribution in [1.82, 2.24) is 14.8 Å². The molecule has 0 saturated heterocycles. The Morgan fingerprint density at radius 2 is 1.92 bits per heavy atom. The van der Waals surface area contributed by atoms with Gasteiger partial charge in [-0.25, -0.2) is 4.98 Å². The lowest BCUT2D eigenvalue weighted by molar-refractivity contribution is -0.134. The molecule has 26 heavy (non-hydrogen) atoms. The van der Waals surface area contributed by atoms with E-state index in [1.54, 1.807) is 16.5 Å². The van der Waals surface area contributed by atoms with Crippen molar-refractivity contribution >= 4 is 28.3 Å². The maximum absolute atomic E-state index is 12.6. The lowest BCUT2D eigenvalue weighted by atomic mass is 10.1. The highest BCUT2D eigenvalue weighted by atomic mass is 32.1. The lowest BCUT2D eigenvalue weighted by Gasteiger charge is -2.23. The van der Waals surface area contributed by atoms with Crippen LogP contribution in [0.1, 0.15) is 18.4 Å². The van der Waals surface area contributed by atoms with Gasteiger partial charge in [0, 0.05) is 24.5 Å². The van der Waals surface area contributed by atoms with E-state index in [1.807, 2.05) is 44.4 Å². The van der Waals surface area contributed by atoms with E-state index >= 15 is 0 Å². The highest BCUT2D eigenvalue weighted by Crippen LogP contribution is 2.11. The zero-order valence-electron chi connectivity index (χ0n) is 15.4. The van der Waals surface area contributed by atoms with E-state index in [9.17, 15) is 9.59 Å². The van der Waals surface area contributed by atoms with Crippen LogP contribution >= 0.6 is 11.3 Å². The van der Waals surface area contributed by atoms with E-state index in [4.69, 9.17) is 0 Å². The summed E-state index contributed by atoms with van der Waals surface area (Å²) in [6.07, 6.45) is 3.54. The molecular formula is C19H26N4O2S. The summed E-state index contributed by atoms with van der Waals surface area (Å²) in [5, 5.41) is 5.10. The van der Waals surface area contributed by atoms with Gasteiger partial charge < -0.3 is 15.1 Å². The number of nitrogens with zero attached hydrogens (tertiary/aromatic N) is 3. The molecule has 0 aliphatic carbocycles. The number of rotatable bonds is 10. The molecule has 1 N–H and O–H groups in total. The third-order valence-electron chi connectivity index (χ3n) is 3.87. The number of carbonyl (C=O) groups is 2. The van der Waals surface area contributed by atoms with Crippen LogP contribution in [-0.2, 0) is 16.0 Å². The minimum atomic E-state index is -0.210. The van der Waals surface area contributed by atoms with Gasteiger partial charge in [0.25, 0.3) is 0 Å². The molecule has 7 heteroatoms. The van der Waals surface area contributed by atoms with Crippen LogP contribution in [0, 0.1) is 0 Å². The minimum Gasteiger partial charge on any atom is -0.333 e. The van der Waals surface area contributed by atoms with Crippen molar-refractivity contribution in [2.24, 2.45) is 0 Å². The molecule has 0 aliphatic heterocycles. The van der Waals surface area contributed by atoms with Crippen LogP contribution in [0.3, 0.4) is 0 Å². The van der Waals surface area contributed by atoms with E-state index in [1.165, 1.54) is 11.3 Å². The fourth-order valence-electron chi connectivity index (χ4n) is 2.54. The maximum atomic E-state index is 12.6. The normalized spacial score (nSPS) is 10.7. The summed E-state index contributed by atoms with van der Waals surface area (Å²) < 4.78 is 0. The summed E-state index contributed by atoms with van der Waals surface area (Å²) >= 11 is 1.36. The molecule has 0 bridgehead atoms. The Balaban J connectivity index is 1.90. The summed E-state index contributed by atoms with van der Waals surface area (Å²) in [6.45, 7) is 1.49. The van der Waals surface area contributed by atoms with Gasteiger partial charge in [-0.1, -0.05) is 30.3 Å². The average Bonchev–Trinajstić information content (AvgIpc) is 3.12. The first kappa shape index (κ1) is 20.1. The predicted molar refractivity (Wildman–Crippen MR) is 105 cm³/mol. The third kappa shape index (κ3) is 7.33. The SMILES string of the molecule is CN(C)CCCN(CC(=O)Nc1nccs1)C(=O)CCc1ccccc1. The summed E-state index contributed by atoms with van der Waals surface area (Å²) in [5.41, 5.74) is 1.13. The third-order valence-corrected chi connectivity index (χ3v) is 4.56. The Morgan fingerprint density at radius 3 is 2.58 bits per heavy atom. The highest BCUT2D eigenvalue weighted by molar-refractivity contribution is 7.13. The molecule has 2 rings (SSSR count). The molecular weight excluding hydrogens is 348 g/mol. The molecule has 0 fully saturated rings. The molecule has 2 aromatic rings. The maximum Gasteiger partial charge on any atom is 0.245 e. The van der Waals surface area contributed by atoms with E-state index in [2.05, 4.69) is 15.2 Å². The predicted octanol–water partition coefficient (Wildman–Crippen LogP) is 2.49. The second-order valence-corrected chi connectivity index (χ2v) is 7.24. The first-order valence-corrected chi connectivity index (χ1v) is 9.58. The highest BCUT2D eigenvalue weighted by Gasteiger charge is 2.17. The molecule has 2 amide bonds. The van der Waals surface area contributed by atoms with Crippen LogP contribution in [0.2, 0.25) is 0 Å².